The van der Waals surface area contributed by atoms with E-state index in [1.807, 2.05) is 0 Å². The summed E-state index contributed by atoms with van der Waals surface area (Å²) in [6.45, 7) is 2.12. The van der Waals surface area contributed by atoms with Crippen LogP contribution in [0.3, 0.4) is 0 Å². The third kappa shape index (κ3) is 2.07. The Morgan fingerprint density at radius 2 is 2.17 bits per heavy atom. The maximum Gasteiger partial charge on any atom is 0.133 e. The molecule has 1 saturated carbocycles. The van der Waals surface area contributed by atoms with E-state index in [1.54, 1.807) is 0 Å². The Labute approximate surface area is 107 Å². The van der Waals surface area contributed by atoms with Gasteiger partial charge in [-0.15, -0.1) is 0 Å². The molecule has 0 aliphatic heterocycles. The number of H-pyrrole nitrogens is 1. The Bertz CT molecular complexity index is 582. The van der Waals surface area contributed by atoms with Crippen molar-refractivity contribution in [2.24, 2.45) is 0 Å². The van der Waals surface area contributed by atoms with Gasteiger partial charge in [0.25, 0.3) is 0 Å². The van der Waals surface area contributed by atoms with Gasteiger partial charge >= 0.3 is 0 Å². The summed E-state index contributed by atoms with van der Waals surface area (Å²) >= 11 is 0. The Morgan fingerprint density at radius 3 is 3.06 bits per heavy atom. The summed E-state index contributed by atoms with van der Waals surface area (Å²) < 4.78 is 0. The molecular weight excluding hydrogens is 222 g/mol. The highest BCUT2D eigenvalue weighted by atomic mass is 16.1. The van der Waals surface area contributed by atoms with Crippen molar-refractivity contribution in [2.75, 3.05) is 0 Å². The molecule has 0 spiro atoms. The van der Waals surface area contributed by atoms with Crippen LogP contribution in [-0.2, 0) is 4.79 Å². The normalized spacial score (nSPS) is 21.2. The van der Waals surface area contributed by atoms with Crippen LogP contribution >= 0.6 is 0 Å². The summed E-state index contributed by atoms with van der Waals surface area (Å²) in [5.41, 5.74) is 3.81. The predicted octanol–water partition coefficient (Wildman–Crippen LogP) is 4.09. The molecule has 1 fully saturated rings. The van der Waals surface area contributed by atoms with E-state index in [0.29, 0.717) is 11.7 Å². The van der Waals surface area contributed by atoms with Crippen molar-refractivity contribution in [1.29, 1.82) is 0 Å². The minimum Gasteiger partial charge on any atom is -0.361 e. The number of hydrogen-bond acceptors (Lipinski definition) is 1. The van der Waals surface area contributed by atoms with Crippen molar-refractivity contribution in [1.82, 2.24) is 4.98 Å². The molecule has 0 saturated heterocycles. The lowest BCUT2D eigenvalue weighted by molar-refractivity contribution is -0.119. The number of rotatable bonds is 1. The minimum absolute atomic E-state index is 0.413. The minimum atomic E-state index is 0.413. The summed E-state index contributed by atoms with van der Waals surface area (Å²) in [6.07, 6.45) is 6.99. The molecule has 1 heterocycles. The average Bonchev–Trinajstić information content (AvgIpc) is 2.64. The van der Waals surface area contributed by atoms with E-state index < -0.39 is 0 Å². The lowest BCUT2D eigenvalue weighted by Crippen LogP contribution is -2.03. The van der Waals surface area contributed by atoms with Crippen molar-refractivity contribution in [2.45, 2.75) is 44.9 Å². The molecule has 0 bridgehead atoms. The topological polar surface area (TPSA) is 32.9 Å². The number of fused-ring (bicyclic) bond motifs is 1. The number of aryl methyl sites for hydroxylation is 1. The molecule has 1 aromatic heterocycles. The fraction of sp³-hybridized carbons (Fsp3) is 0.438. The summed E-state index contributed by atoms with van der Waals surface area (Å²) in [7, 11) is 0. The number of benzene rings is 1. The number of nitrogens with one attached hydrogen (secondary N) is 1. The quantitative estimate of drug-likeness (QED) is 0.749. The second-order valence-electron chi connectivity index (χ2n) is 5.48. The van der Waals surface area contributed by atoms with Crippen LogP contribution in [-0.4, -0.2) is 10.8 Å². The summed E-state index contributed by atoms with van der Waals surface area (Å²) in [5, 5.41) is 1.30. The largest absolute Gasteiger partial charge is 0.361 e. The highest BCUT2D eigenvalue weighted by molar-refractivity contribution is 5.86. The van der Waals surface area contributed by atoms with Gasteiger partial charge in [-0.3, -0.25) is 4.79 Å². The zero-order chi connectivity index (χ0) is 12.5. The number of carbonyl (C=O) groups excluding carboxylic acids is 1. The van der Waals surface area contributed by atoms with Crippen molar-refractivity contribution >= 4 is 16.7 Å². The van der Waals surface area contributed by atoms with Crippen molar-refractivity contribution in [3.8, 4) is 0 Å². The van der Waals surface area contributed by atoms with E-state index in [0.717, 1.165) is 25.7 Å². The predicted molar refractivity (Wildman–Crippen MR) is 73.9 cm³/mol. The Hall–Kier alpha value is -1.57. The van der Waals surface area contributed by atoms with Gasteiger partial charge in [0.05, 0.1) is 0 Å². The lowest BCUT2D eigenvalue weighted by atomic mass is 9.91. The molecule has 3 rings (SSSR count). The van der Waals surface area contributed by atoms with Crippen LogP contribution < -0.4 is 0 Å². The number of ketones is 1. The smallest absolute Gasteiger partial charge is 0.133 e. The number of carbonyl (C=O) groups is 1. The van der Waals surface area contributed by atoms with E-state index in [-0.39, 0.29) is 0 Å². The van der Waals surface area contributed by atoms with Gasteiger partial charge < -0.3 is 4.98 Å². The molecule has 1 aromatic carbocycles. The molecule has 2 heteroatoms. The van der Waals surface area contributed by atoms with Gasteiger partial charge in [0.2, 0.25) is 0 Å². The van der Waals surface area contributed by atoms with Gasteiger partial charge in [-0.25, -0.2) is 0 Å². The first kappa shape index (κ1) is 11.5. The van der Waals surface area contributed by atoms with Crippen LogP contribution in [0, 0.1) is 6.92 Å². The van der Waals surface area contributed by atoms with Gasteiger partial charge in [0.15, 0.2) is 0 Å². The average molecular weight is 241 g/mol. The van der Waals surface area contributed by atoms with Crippen LogP contribution in [0.15, 0.2) is 24.4 Å². The Morgan fingerprint density at radius 1 is 1.28 bits per heavy atom. The monoisotopic (exact) mass is 241 g/mol. The van der Waals surface area contributed by atoms with Crippen LogP contribution in [0.4, 0.5) is 0 Å². The van der Waals surface area contributed by atoms with E-state index in [2.05, 4.69) is 36.3 Å². The molecule has 1 aliphatic rings. The maximum absolute atomic E-state index is 11.8. The molecule has 1 aliphatic carbocycles. The SMILES string of the molecule is Cc1ccc2[nH]cc(C3CCCCC(=O)C3)c2c1. The molecule has 1 unspecified atom stereocenters. The van der Waals surface area contributed by atoms with Crippen LogP contribution in [0.1, 0.15) is 49.1 Å². The first-order valence-corrected chi connectivity index (χ1v) is 6.83. The summed E-state index contributed by atoms with van der Waals surface area (Å²) in [6, 6.07) is 6.49. The zero-order valence-electron chi connectivity index (χ0n) is 10.8. The highest BCUT2D eigenvalue weighted by Gasteiger charge is 2.21. The Kier molecular flexibility index (Phi) is 2.94. The lowest BCUT2D eigenvalue weighted by Gasteiger charge is -2.12. The van der Waals surface area contributed by atoms with Gasteiger partial charge in [0, 0.05) is 29.9 Å². The molecule has 94 valence electrons. The maximum atomic E-state index is 11.8. The fourth-order valence-electron chi connectivity index (χ4n) is 3.05. The first-order valence-electron chi connectivity index (χ1n) is 6.83. The van der Waals surface area contributed by atoms with Gasteiger partial charge in [-0.2, -0.15) is 0 Å². The van der Waals surface area contributed by atoms with Crippen LogP contribution in [0.5, 0.6) is 0 Å². The zero-order valence-corrected chi connectivity index (χ0v) is 10.8. The number of Topliss-reactive ketones (excluding diaryl/α,β-unsaturated/α-hetero) is 1. The van der Waals surface area contributed by atoms with Crippen molar-refractivity contribution in [3.63, 3.8) is 0 Å². The van der Waals surface area contributed by atoms with Gasteiger partial charge in [-0.1, -0.05) is 18.1 Å². The van der Waals surface area contributed by atoms with Gasteiger partial charge in [-0.05, 0) is 43.4 Å². The van der Waals surface area contributed by atoms with E-state index >= 15 is 0 Å². The van der Waals surface area contributed by atoms with E-state index in [9.17, 15) is 4.79 Å². The molecule has 18 heavy (non-hydrogen) atoms. The van der Waals surface area contributed by atoms with Gasteiger partial charge in [0.1, 0.15) is 5.78 Å². The van der Waals surface area contributed by atoms with E-state index in [4.69, 9.17) is 0 Å². The second-order valence-corrected chi connectivity index (χ2v) is 5.48. The third-order valence-electron chi connectivity index (χ3n) is 4.04. The van der Waals surface area contributed by atoms with Crippen molar-refractivity contribution < 1.29 is 4.79 Å². The summed E-state index contributed by atoms with van der Waals surface area (Å²) in [4.78, 5) is 15.1. The third-order valence-corrected chi connectivity index (χ3v) is 4.04. The molecular formula is C16H19NO. The second kappa shape index (κ2) is 4.60. The molecule has 0 amide bonds. The fourth-order valence-corrected chi connectivity index (χ4v) is 3.05. The molecule has 0 radical (unpaired) electrons. The standard InChI is InChI=1S/C16H19NO/c1-11-6-7-16-14(8-11)15(10-17-16)12-4-2-3-5-13(18)9-12/h6-8,10,12,17H,2-5,9H2,1H3. The number of aromatic amines is 1. The van der Waals surface area contributed by atoms with Crippen molar-refractivity contribution in [3.05, 3.63) is 35.5 Å². The number of aromatic nitrogens is 1. The van der Waals surface area contributed by atoms with E-state index in [1.165, 1.54) is 28.5 Å². The molecule has 2 aromatic rings. The Balaban J connectivity index is 2.02. The molecule has 1 N–H and O–H groups in total. The highest BCUT2D eigenvalue weighted by Crippen LogP contribution is 2.34. The van der Waals surface area contributed by atoms with Crippen LogP contribution in [0.2, 0.25) is 0 Å². The number of hydrogen-bond donors (Lipinski definition) is 1. The molecule has 1 atom stereocenters. The first-order chi connectivity index (χ1) is 8.74. The molecule has 2 nitrogen and oxygen atoms in total. The van der Waals surface area contributed by atoms with Crippen LogP contribution in [0.25, 0.3) is 10.9 Å². The summed E-state index contributed by atoms with van der Waals surface area (Å²) in [5.74, 6) is 0.843.